The predicted octanol–water partition coefficient (Wildman–Crippen LogP) is 5.42. The third-order valence-corrected chi connectivity index (χ3v) is 7.86. The van der Waals surface area contributed by atoms with Crippen LogP contribution in [0.1, 0.15) is 6.42 Å². The predicted molar refractivity (Wildman–Crippen MR) is 127 cm³/mol. The molecule has 2 fully saturated rings. The lowest BCUT2D eigenvalue weighted by Crippen LogP contribution is -2.61. The zero-order chi connectivity index (χ0) is 22.7. The second-order valence-electron chi connectivity index (χ2n) is 8.23. The smallest absolute Gasteiger partial charge is 0.176 e. The third kappa shape index (κ3) is 3.04. The lowest BCUT2D eigenvalue weighted by Gasteiger charge is -2.47. The summed E-state index contributed by atoms with van der Waals surface area (Å²) in [5.41, 5.74) is 0.789. The number of anilines is 1. The van der Waals surface area contributed by atoms with E-state index in [9.17, 15) is 9.18 Å². The molecule has 4 aromatic rings. The summed E-state index contributed by atoms with van der Waals surface area (Å²) in [6.45, 7) is 1.66. The summed E-state index contributed by atoms with van der Waals surface area (Å²) in [5, 5.41) is 2.65. The fourth-order valence-corrected chi connectivity index (χ4v) is 6.17. The number of rotatable bonds is 4. The van der Waals surface area contributed by atoms with Crippen molar-refractivity contribution in [1.82, 2.24) is 14.3 Å². The van der Waals surface area contributed by atoms with Gasteiger partial charge in [0, 0.05) is 36.4 Å². The van der Waals surface area contributed by atoms with E-state index in [2.05, 4.69) is 19.2 Å². The zero-order valence-electron chi connectivity index (χ0n) is 17.2. The van der Waals surface area contributed by atoms with Crippen LogP contribution in [-0.2, 0) is 4.79 Å². The van der Waals surface area contributed by atoms with Crippen LogP contribution in [0.3, 0.4) is 0 Å². The molecule has 2 aliphatic rings. The second kappa shape index (κ2) is 7.74. The summed E-state index contributed by atoms with van der Waals surface area (Å²) in [5.74, 6) is -1.10. The van der Waals surface area contributed by atoms with Crippen molar-refractivity contribution in [3.63, 3.8) is 0 Å². The van der Waals surface area contributed by atoms with Gasteiger partial charge >= 0.3 is 0 Å². The largest absolute Gasteiger partial charge is 0.370 e. The van der Waals surface area contributed by atoms with Crippen LogP contribution in [0.4, 0.5) is 13.8 Å². The van der Waals surface area contributed by atoms with Gasteiger partial charge in [-0.3, -0.25) is 9.78 Å². The second-order valence-corrected chi connectivity index (χ2v) is 9.36. The van der Waals surface area contributed by atoms with Gasteiger partial charge in [0.1, 0.15) is 28.3 Å². The number of carbonyl (C=O) groups is 1. The van der Waals surface area contributed by atoms with E-state index in [1.165, 1.54) is 23.7 Å². The molecule has 0 saturated carbocycles. The van der Waals surface area contributed by atoms with Crippen molar-refractivity contribution in [3.05, 3.63) is 65.5 Å². The highest BCUT2D eigenvalue weighted by molar-refractivity contribution is 7.11. The van der Waals surface area contributed by atoms with Crippen LogP contribution in [0.5, 0.6) is 0 Å². The molecule has 33 heavy (non-hydrogen) atoms. The molecule has 5 nitrogen and oxygen atoms in total. The van der Waals surface area contributed by atoms with Gasteiger partial charge in [-0.1, -0.05) is 35.9 Å². The molecule has 2 saturated heterocycles. The first kappa shape index (κ1) is 20.5. The molecular formula is C24H17ClF2N4OS. The lowest BCUT2D eigenvalue weighted by atomic mass is 9.97. The maximum Gasteiger partial charge on any atom is 0.176 e. The number of likely N-dealkylation sites (tertiary alicyclic amines) is 1. The normalized spacial score (nSPS) is 20.1. The average Bonchev–Trinajstić information content (AvgIpc) is 3.37. The Labute approximate surface area is 197 Å². The molecular weight excluding hydrogens is 466 g/mol. The van der Waals surface area contributed by atoms with Crippen LogP contribution < -0.4 is 4.90 Å². The average molecular weight is 483 g/mol. The molecule has 6 rings (SSSR count). The number of pyridine rings is 1. The summed E-state index contributed by atoms with van der Waals surface area (Å²) in [6.07, 6.45) is 6.74. The number of fused-ring (bicyclic) bond motifs is 3. The molecule has 2 atom stereocenters. The number of hydrogen-bond donors (Lipinski definition) is 0. The fourth-order valence-electron chi connectivity index (χ4n) is 4.98. The third-order valence-electron chi connectivity index (χ3n) is 6.59. The summed E-state index contributed by atoms with van der Waals surface area (Å²) in [7, 11) is 0. The van der Waals surface area contributed by atoms with E-state index in [4.69, 9.17) is 11.6 Å². The molecule has 4 heterocycles. The number of hydrogen-bond acceptors (Lipinski definition) is 6. The first-order valence-corrected chi connectivity index (χ1v) is 11.7. The Hall–Kier alpha value is -3.10. The summed E-state index contributed by atoms with van der Waals surface area (Å²) in [4.78, 5) is 19.5. The standard InChI is InChI=1S/C24H17ClF2N4OS/c25-20-16(26)6-5-13-3-1-4-14(19(13)20)22-21(27)23-15(11-28-22)24(33-29-23)31-12-18-17(31)7-9-30(18)8-2-10-32/h1-6,8,10-11,17-18H,7,9,12H2/t17-,18-/m1/s1. The van der Waals surface area contributed by atoms with E-state index in [0.717, 1.165) is 30.8 Å². The van der Waals surface area contributed by atoms with Crippen LogP contribution in [0.15, 0.2) is 48.8 Å². The van der Waals surface area contributed by atoms with Crippen molar-refractivity contribution >= 4 is 56.1 Å². The first-order chi connectivity index (χ1) is 16.1. The summed E-state index contributed by atoms with van der Waals surface area (Å²) >= 11 is 7.50. The van der Waals surface area contributed by atoms with Crippen LogP contribution in [-0.4, -0.2) is 45.7 Å². The highest BCUT2D eigenvalue weighted by atomic mass is 35.5. The van der Waals surface area contributed by atoms with Crippen molar-refractivity contribution in [2.75, 3.05) is 18.0 Å². The maximum absolute atomic E-state index is 15.7. The molecule has 0 unspecified atom stereocenters. The van der Waals surface area contributed by atoms with Gasteiger partial charge < -0.3 is 9.80 Å². The molecule has 0 aliphatic carbocycles. The van der Waals surface area contributed by atoms with Gasteiger partial charge in [0.05, 0.1) is 22.5 Å². The van der Waals surface area contributed by atoms with Crippen LogP contribution in [0.2, 0.25) is 5.02 Å². The van der Waals surface area contributed by atoms with Crippen molar-refractivity contribution < 1.29 is 13.6 Å². The molecule has 0 radical (unpaired) electrons. The zero-order valence-corrected chi connectivity index (χ0v) is 18.8. The van der Waals surface area contributed by atoms with Gasteiger partial charge in [-0.05, 0) is 35.5 Å². The molecule has 2 aromatic heterocycles. The Morgan fingerprint density at radius 2 is 2.06 bits per heavy atom. The Balaban J connectivity index is 1.39. The number of aromatic nitrogens is 2. The molecule has 0 amide bonds. The van der Waals surface area contributed by atoms with E-state index in [1.807, 2.05) is 6.20 Å². The number of halogens is 3. The molecule has 2 aromatic carbocycles. The monoisotopic (exact) mass is 482 g/mol. The SMILES string of the molecule is O=CC=CN1CC[C@@H]2[C@H]1CN2c1snc2c(F)c(-c3cccc4ccc(F)c(Cl)c34)ncc12. The Kier molecular flexibility index (Phi) is 4.81. The minimum atomic E-state index is -0.560. The van der Waals surface area contributed by atoms with Crippen molar-refractivity contribution in [1.29, 1.82) is 0 Å². The van der Waals surface area contributed by atoms with E-state index in [0.29, 0.717) is 33.8 Å². The molecule has 166 valence electrons. The van der Waals surface area contributed by atoms with Crippen molar-refractivity contribution in [2.24, 2.45) is 0 Å². The highest BCUT2D eigenvalue weighted by Crippen LogP contribution is 2.44. The lowest BCUT2D eigenvalue weighted by molar-refractivity contribution is -0.104. The first-order valence-electron chi connectivity index (χ1n) is 10.5. The molecule has 9 heteroatoms. The summed E-state index contributed by atoms with van der Waals surface area (Å²) in [6, 6.07) is 8.82. The van der Waals surface area contributed by atoms with Gasteiger partial charge in [0.25, 0.3) is 0 Å². The fraction of sp³-hybridized carbons (Fsp3) is 0.208. The van der Waals surface area contributed by atoms with Gasteiger partial charge in [-0.15, -0.1) is 0 Å². The minimum Gasteiger partial charge on any atom is -0.370 e. The Morgan fingerprint density at radius 3 is 2.91 bits per heavy atom. The Morgan fingerprint density at radius 1 is 1.18 bits per heavy atom. The molecule has 0 spiro atoms. The quantitative estimate of drug-likeness (QED) is 0.287. The van der Waals surface area contributed by atoms with Crippen LogP contribution >= 0.6 is 23.1 Å². The van der Waals surface area contributed by atoms with E-state index < -0.39 is 11.6 Å². The van der Waals surface area contributed by atoms with Gasteiger partial charge in [-0.2, -0.15) is 4.37 Å². The number of nitrogens with zero attached hydrogens (tertiary/aromatic N) is 4. The van der Waals surface area contributed by atoms with Gasteiger partial charge in [0.15, 0.2) is 5.82 Å². The molecule has 0 bridgehead atoms. The molecule has 0 N–H and O–H groups in total. The van der Waals surface area contributed by atoms with Crippen molar-refractivity contribution in [2.45, 2.75) is 18.5 Å². The van der Waals surface area contributed by atoms with Crippen molar-refractivity contribution in [3.8, 4) is 11.3 Å². The Bertz CT molecular complexity index is 1460. The molecule has 2 aliphatic heterocycles. The van der Waals surface area contributed by atoms with E-state index in [1.54, 1.807) is 30.5 Å². The topological polar surface area (TPSA) is 49.3 Å². The van der Waals surface area contributed by atoms with Gasteiger partial charge in [0.2, 0.25) is 0 Å². The highest BCUT2D eigenvalue weighted by Gasteiger charge is 2.47. The van der Waals surface area contributed by atoms with E-state index in [-0.39, 0.29) is 16.2 Å². The number of benzene rings is 2. The van der Waals surface area contributed by atoms with Crippen LogP contribution in [0, 0.1) is 11.6 Å². The summed E-state index contributed by atoms with van der Waals surface area (Å²) < 4.78 is 34.2. The number of allylic oxidation sites excluding steroid dienone is 1. The van der Waals surface area contributed by atoms with E-state index >= 15 is 4.39 Å². The van der Waals surface area contributed by atoms with Crippen LogP contribution in [0.25, 0.3) is 32.9 Å². The maximum atomic E-state index is 15.7. The van der Waals surface area contributed by atoms with Gasteiger partial charge in [-0.25, -0.2) is 8.78 Å². The number of carbonyl (C=O) groups excluding carboxylic acids is 1. The minimum absolute atomic E-state index is 0.0515. The number of aldehydes is 1.